The van der Waals surface area contributed by atoms with Crippen LogP contribution in [0.3, 0.4) is 0 Å². The van der Waals surface area contributed by atoms with E-state index >= 15 is 0 Å². The molecule has 0 atom stereocenters. The zero-order valence-electron chi connectivity index (χ0n) is 11.9. The molecule has 0 saturated carbocycles. The minimum Gasteiger partial charge on any atom is -0.478 e. The van der Waals surface area contributed by atoms with Crippen molar-refractivity contribution < 1.29 is 9.90 Å². The SMILES string of the molecule is O=C(O)C=Cc1ccccc1CN1CCCCCCC1. The third-order valence-electron chi connectivity index (χ3n) is 3.80. The maximum absolute atomic E-state index is 10.7. The molecule has 1 aromatic rings. The molecule has 1 aliphatic heterocycles. The van der Waals surface area contributed by atoms with Gasteiger partial charge in [-0.15, -0.1) is 0 Å². The van der Waals surface area contributed by atoms with Gasteiger partial charge in [0, 0.05) is 12.6 Å². The summed E-state index contributed by atoms with van der Waals surface area (Å²) in [5.74, 6) is -0.897. The molecule has 0 bridgehead atoms. The minimum atomic E-state index is -0.897. The first-order chi connectivity index (χ1) is 9.75. The molecule has 0 unspecified atom stereocenters. The van der Waals surface area contributed by atoms with Crippen LogP contribution in [0.15, 0.2) is 30.3 Å². The molecule has 0 aromatic heterocycles. The van der Waals surface area contributed by atoms with Crippen molar-refractivity contribution in [1.82, 2.24) is 4.90 Å². The number of nitrogens with zero attached hydrogens (tertiary/aromatic N) is 1. The van der Waals surface area contributed by atoms with Crippen LogP contribution in [-0.2, 0) is 11.3 Å². The number of carboxylic acids is 1. The van der Waals surface area contributed by atoms with E-state index in [-0.39, 0.29) is 0 Å². The van der Waals surface area contributed by atoms with E-state index in [1.165, 1.54) is 43.7 Å². The highest BCUT2D eigenvalue weighted by Crippen LogP contribution is 2.17. The van der Waals surface area contributed by atoms with Crippen LogP contribution in [0, 0.1) is 0 Å². The summed E-state index contributed by atoms with van der Waals surface area (Å²) < 4.78 is 0. The Kier molecular flexibility index (Phi) is 5.81. The molecule has 0 spiro atoms. The Balaban J connectivity index is 2.05. The van der Waals surface area contributed by atoms with Gasteiger partial charge in [0.2, 0.25) is 0 Å². The number of rotatable bonds is 4. The van der Waals surface area contributed by atoms with E-state index in [1.807, 2.05) is 18.2 Å². The molecule has 1 saturated heterocycles. The normalized spacial score (nSPS) is 17.8. The monoisotopic (exact) mass is 273 g/mol. The Bertz CT molecular complexity index is 460. The van der Waals surface area contributed by atoms with Crippen molar-refractivity contribution in [2.24, 2.45) is 0 Å². The highest BCUT2D eigenvalue weighted by atomic mass is 16.4. The topological polar surface area (TPSA) is 40.5 Å². The van der Waals surface area contributed by atoms with Crippen molar-refractivity contribution >= 4 is 12.0 Å². The fourth-order valence-corrected chi connectivity index (χ4v) is 2.71. The van der Waals surface area contributed by atoms with Crippen molar-refractivity contribution in [1.29, 1.82) is 0 Å². The molecule has 1 N–H and O–H groups in total. The average molecular weight is 273 g/mol. The third-order valence-corrected chi connectivity index (χ3v) is 3.80. The number of likely N-dealkylation sites (tertiary alicyclic amines) is 1. The van der Waals surface area contributed by atoms with Crippen molar-refractivity contribution in [3.8, 4) is 0 Å². The predicted octanol–water partition coefficient (Wildman–Crippen LogP) is 3.55. The molecule has 3 heteroatoms. The second kappa shape index (κ2) is 7.85. The summed E-state index contributed by atoms with van der Waals surface area (Å²) in [7, 11) is 0. The smallest absolute Gasteiger partial charge is 0.328 e. The lowest BCUT2D eigenvalue weighted by atomic mass is 10.0. The summed E-state index contributed by atoms with van der Waals surface area (Å²) in [6.07, 6.45) is 9.48. The Morgan fingerprint density at radius 1 is 1.10 bits per heavy atom. The molecular weight excluding hydrogens is 250 g/mol. The van der Waals surface area contributed by atoms with Gasteiger partial charge >= 0.3 is 5.97 Å². The van der Waals surface area contributed by atoms with Gasteiger partial charge in [0.15, 0.2) is 0 Å². The molecule has 1 fully saturated rings. The van der Waals surface area contributed by atoms with Crippen LogP contribution < -0.4 is 0 Å². The minimum absolute atomic E-state index is 0.897. The maximum Gasteiger partial charge on any atom is 0.328 e. The lowest BCUT2D eigenvalue weighted by Crippen LogP contribution is -2.27. The molecule has 1 heterocycles. The Morgan fingerprint density at radius 2 is 1.75 bits per heavy atom. The van der Waals surface area contributed by atoms with Crippen LogP contribution in [0.25, 0.3) is 6.08 Å². The van der Waals surface area contributed by atoms with Gasteiger partial charge in [-0.3, -0.25) is 4.90 Å². The largest absolute Gasteiger partial charge is 0.478 e. The summed E-state index contributed by atoms with van der Waals surface area (Å²) in [5, 5.41) is 8.76. The predicted molar refractivity (Wildman–Crippen MR) is 81.5 cm³/mol. The number of hydrogen-bond acceptors (Lipinski definition) is 2. The molecule has 2 rings (SSSR count). The van der Waals surface area contributed by atoms with E-state index in [4.69, 9.17) is 5.11 Å². The Morgan fingerprint density at radius 3 is 2.45 bits per heavy atom. The maximum atomic E-state index is 10.7. The van der Waals surface area contributed by atoms with E-state index in [2.05, 4.69) is 11.0 Å². The first kappa shape index (κ1) is 14.8. The summed E-state index contributed by atoms with van der Waals surface area (Å²) in [5.41, 5.74) is 2.22. The van der Waals surface area contributed by atoms with Crippen LogP contribution in [-0.4, -0.2) is 29.1 Å². The van der Waals surface area contributed by atoms with Gasteiger partial charge in [-0.05, 0) is 43.1 Å². The molecule has 3 nitrogen and oxygen atoms in total. The lowest BCUT2D eigenvalue weighted by molar-refractivity contribution is -0.131. The second-order valence-corrected chi connectivity index (χ2v) is 5.41. The van der Waals surface area contributed by atoms with Crippen molar-refractivity contribution in [3.05, 3.63) is 41.5 Å². The summed E-state index contributed by atoms with van der Waals surface area (Å²) in [4.78, 5) is 13.2. The Labute approximate surface area is 120 Å². The van der Waals surface area contributed by atoms with Gasteiger partial charge < -0.3 is 5.11 Å². The van der Waals surface area contributed by atoms with E-state index in [9.17, 15) is 4.79 Å². The summed E-state index contributed by atoms with van der Waals surface area (Å²) >= 11 is 0. The number of aliphatic carboxylic acids is 1. The molecule has 1 aliphatic rings. The van der Waals surface area contributed by atoms with Crippen LogP contribution in [0.4, 0.5) is 0 Å². The molecule has 0 radical (unpaired) electrons. The zero-order chi connectivity index (χ0) is 14.2. The van der Waals surface area contributed by atoms with Gasteiger partial charge in [0.1, 0.15) is 0 Å². The Hall–Kier alpha value is -1.61. The molecule has 20 heavy (non-hydrogen) atoms. The van der Waals surface area contributed by atoms with Gasteiger partial charge in [-0.1, -0.05) is 43.5 Å². The molecule has 0 amide bonds. The molecule has 1 aromatic carbocycles. The van der Waals surface area contributed by atoms with Crippen LogP contribution in [0.2, 0.25) is 0 Å². The van der Waals surface area contributed by atoms with Crippen molar-refractivity contribution in [2.45, 2.75) is 38.6 Å². The summed E-state index contributed by atoms with van der Waals surface area (Å²) in [6.45, 7) is 3.22. The van der Waals surface area contributed by atoms with E-state index < -0.39 is 5.97 Å². The highest BCUT2D eigenvalue weighted by Gasteiger charge is 2.10. The van der Waals surface area contributed by atoms with Crippen LogP contribution >= 0.6 is 0 Å². The van der Waals surface area contributed by atoms with Gasteiger partial charge in [0.05, 0.1) is 0 Å². The number of carbonyl (C=O) groups is 1. The van der Waals surface area contributed by atoms with Crippen molar-refractivity contribution in [3.63, 3.8) is 0 Å². The fraction of sp³-hybridized carbons (Fsp3) is 0.471. The van der Waals surface area contributed by atoms with Crippen molar-refractivity contribution in [2.75, 3.05) is 13.1 Å². The van der Waals surface area contributed by atoms with Gasteiger partial charge in [-0.2, -0.15) is 0 Å². The number of hydrogen-bond donors (Lipinski definition) is 1. The summed E-state index contributed by atoms with van der Waals surface area (Å²) in [6, 6.07) is 8.06. The fourth-order valence-electron chi connectivity index (χ4n) is 2.71. The van der Waals surface area contributed by atoms with Crippen LogP contribution in [0.1, 0.15) is 43.2 Å². The highest BCUT2D eigenvalue weighted by molar-refractivity contribution is 5.85. The second-order valence-electron chi connectivity index (χ2n) is 5.41. The zero-order valence-corrected chi connectivity index (χ0v) is 11.9. The lowest BCUT2D eigenvalue weighted by Gasteiger charge is -2.25. The quantitative estimate of drug-likeness (QED) is 0.853. The molecular formula is C17H23NO2. The molecule has 0 aliphatic carbocycles. The average Bonchev–Trinajstić information content (AvgIpc) is 2.40. The first-order valence-electron chi connectivity index (χ1n) is 7.47. The van der Waals surface area contributed by atoms with E-state index in [1.54, 1.807) is 6.08 Å². The third kappa shape index (κ3) is 4.82. The van der Waals surface area contributed by atoms with Crippen LogP contribution in [0.5, 0.6) is 0 Å². The van der Waals surface area contributed by atoms with E-state index in [0.717, 1.165) is 25.2 Å². The number of carboxylic acid groups (broad SMARTS) is 1. The van der Waals surface area contributed by atoms with Gasteiger partial charge in [-0.25, -0.2) is 4.79 Å². The van der Waals surface area contributed by atoms with E-state index in [0.29, 0.717) is 0 Å². The first-order valence-corrected chi connectivity index (χ1v) is 7.47. The van der Waals surface area contributed by atoms with Gasteiger partial charge in [0.25, 0.3) is 0 Å². The number of benzene rings is 1. The standard InChI is InChI=1S/C17H23NO2/c19-17(20)11-10-15-8-4-5-9-16(15)14-18-12-6-2-1-3-7-13-18/h4-5,8-11H,1-3,6-7,12-14H2,(H,19,20). The molecule has 108 valence electrons.